The average molecular weight is 775 g/mol. The lowest BCUT2D eigenvalue weighted by Gasteiger charge is -2.39. The smallest absolute Gasteiger partial charge is 0.269 e. The van der Waals surface area contributed by atoms with Crippen LogP contribution in [0.1, 0.15) is 27.1 Å². The predicted octanol–water partition coefficient (Wildman–Crippen LogP) is 9.88. The third-order valence-corrected chi connectivity index (χ3v) is 11.3. The number of amides is 1. The highest BCUT2D eigenvalue weighted by Gasteiger charge is 2.31. The van der Waals surface area contributed by atoms with Gasteiger partial charge in [0.1, 0.15) is 22.7 Å². The number of anilines is 4. The molecule has 0 radical (unpaired) electrons. The number of phenols is 1. The Kier molecular flexibility index (Phi) is 9.09. The molecule has 274 valence electrons. The molecule has 14 heteroatoms. The first-order chi connectivity index (χ1) is 27.4. The second-order valence-electron chi connectivity index (χ2n) is 12.9. The van der Waals surface area contributed by atoms with Crippen molar-refractivity contribution in [1.29, 1.82) is 0 Å². The Morgan fingerprint density at radius 3 is 2.16 bits per heavy atom. The van der Waals surface area contributed by atoms with Crippen molar-refractivity contribution in [2.45, 2.75) is 22.5 Å². The van der Waals surface area contributed by atoms with Gasteiger partial charge in [-0.3, -0.25) is 20.2 Å². The largest absolute Gasteiger partial charge is 0.508 e. The summed E-state index contributed by atoms with van der Waals surface area (Å²) in [4.78, 5) is 32.8. The highest BCUT2D eigenvalue weighted by atomic mass is 32.2. The van der Waals surface area contributed by atoms with E-state index in [-0.39, 0.29) is 17.0 Å². The molecule has 0 saturated heterocycles. The van der Waals surface area contributed by atoms with E-state index in [4.69, 9.17) is 4.98 Å². The molecule has 0 saturated carbocycles. The van der Waals surface area contributed by atoms with Gasteiger partial charge in [0.05, 0.1) is 33.9 Å². The van der Waals surface area contributed by atoms with Crippen molar-refractivity contribution in [2.75, 3.05) is 15.5 Å². The molecule has 2 aromatic heterocycles. The normalized spacial score (nSPS) is 12.5. The maximum atomic E-state index is 12.8. The molecule has 12 nitrogen and oxygen atoms in total. The summed E-state index contributed by atoms with van der Waals surface area (Å²) >= 11 is 2.97. The molecule has 1 amide bonds. The Morgan fingerprint density at radius 1 is 0.786 bits per heavy atom. The Hall–Kier alpha value is -7.03. The number of non-ortho nitro benzene ring substituents is 1. The van der Waals surface area contributed by atoms with E-state index < -0.39 is 17.0 Å². The van der Waals surface area contributed by atoms with Gasteiger partial charge in [0.25, 0.3) is 11.6 Å². The van der Waals surface area contributed by atoms with E-state index in [0.29, 0.717) is 16.7 Å². The number of aromatic nitrogens is 4. The van der Waals surface area contributed by atoms with E-state index >= 15 is 0 Å². The van der Waals surface area contributed by atoms with E-state index in [1.54, 1.807) is 17.8 Å². The number of carbonyl (C=O) groups excluding carboxylic acids is 1. The minimum absolute atomic E-state index is 0.0975. The first kappa shape index (κ1) is 34.7. The molecule has 1 unspecified atom stereocenters. The van der Waals surface area contributed by atoms with Gasteiger partial charge < -0.3 is 19.9 Å². The van der Waals surface area contributed by atoms with Crippen LogP contribution in [0.3, 0.4) is 0 Å². The summed E-state index contributed by atoms with van der Waals surface area (Å²) in [6.45, 7) is 0.349. The number of nitro benzene ring substituents is 1. The molecule has 1 aliphatic heterocycles. The maximum absolute atomic E-state index is 12.8. The Bertz CT molecular complexity index is 2710. The quantitative estimate of drug-likeness (QED) is 0.0905. The van der Waals surface area contributed by atoms with Crippen molar-refractivity contribution in [1.82, 2.24) is 19.7 Å². The molecule has 56 heavy (non-hydrogen) atoms. The van der Waals surface area contributed by atoms with Crippen LogP contribution in [0.2, 0.25) is 0 Å². The number of nitrogens with zero attached hydrogens (tertiary/aromatic N) is 6. The van der Waals surface area contributed by atoms with Gasteiger partial charge in [0.2, 0.25) is 5.13 Å². The minimum Gasteiger partial charge on any atom is -0.508 e. The lowest BCUT2D eigenvalue weighted by atomic mass is 10.1. The molecule has 3 heterocycles. The van der Waals surface area contributed by atoms with Crippen molar-refractivity contribution in [3.05, 3.63) is 172 Å². The third kappa shape index (κ3) is 6.67. The zero-order chi connectivity index (χ0) is 38.2. The summed E-state index contributed by atoms with van der Waals surface area (Å²) in [6, 6.07) is 45.3. The lowest BCUT2D eigenvalue weighted by Crippen LogP contribution is -2.32. The lowest BCUT2D eigenvalue weighted by molar-refractivity contribution is -0.384. The molecule has 0 bridgehead atoms. The predicted molar refractivity (Wildman–Crippen MR) is 219 cm³/mol. The minimum atomic E-state index is -0.514. The molecule has 8 aromatic rings. The fourth-order valence-corrected chi connectivity index (χ4v) is 8.54. The number of fused-ring (bicyclic) bond motifs is 3. The number of nitrogens with one attached hydrogen (secondary N) is 2. The van der Waals surface area contributed by atoms with Gasteiger partial charge in [0.15, 0.2) is 0 Å². The summed E-state index contributed by atoms with van der Waals surface area (Å²) in [6.07, 6.45) is -0.456. The van der Waals surface area contributed by atoms with Crippen molar-refractivity contribution >= 4 is 67.9 Å². The monoisotopic (exact) mass is 774 g/mol. The summed E-state index contributed by atoms with van der Waals surface area (Å²) < 4.78 is 2.07. The van der Waals surface area contributed by atoms with Gasteiger partial charge >= 0.3 is 0 Å². The molecular formula is C42H30N8O4S2. The van der Waals surface area contributed by atoms with Crippen LogP contribution in [0.15, 0.2) is 155 Å². The van der Waals surface area contributed by atoms with Crippen LogP contribution in [0.25, 0.3) is 22.4 Å². The van der Waals surface area contributed by atoms with Crippen LogP contribution in [0, 0.1) is 10.1 Å². The van der Waals surface area contributed by atoms with Gasteiger partial charge in [-0.25, -0.2) is 4.98 Å². The third-order valence-electron chi connectivity index (χ3n) is 9.38. The van der Waals surface area contributed by atoms with Gasteiger partial charge in [-0.15, -0.1) is 10.2 Å². The number of imidazole rings is 1. The number of hydrogen-bond acceptors (Lipinski definition) is 11. The summed E-state index contributed by atoms with van der Waals surface area (Å²) in [5, 5.41) is 38.2. The second-order valence-corrected chi connectivity index (χ2v) is 15.0. The molecule has 9 rings (SSSR count). The highest BCUT2D eigenvalue weighted by molar-refractivity contribution is 7.99. The second kappa shape index (κ2) is 14.7. The molecule has 0 aliphatic carbocycles. The molecule has 1 aliphatic rings. The highest BCUT2D eigenvalue weighted by Crippen LogP contribution is 2.52. The number of phenolic OH excluding ortho intramolecular Hbond substituents is 1. The van der Waals surface area contributed by atoms with Crippen molar-refractivity contribution in [3.8, 4) is 17.1 Å². The van der Waals surface area contributed by atoms with Crippen LogP contribution >= 0.6 is 23.1 Å². The Morgan fingerprint density at radius 2 is 1.45 bits per heavy atom. The van der Waals surface area contributed by atoms with E-state index in [0.717, 1.165) is 54.8 Å². The summed E-state index contributed by atoms with van der Waals surface area (Å²) in [7, 11) is 0. The maximum Gasteiger partial charge on any atom is 0.269 e. The molecule has 3 N–H and O–H groups in total. The molecule has 0 fully saturated rings. The van der Waals surface area contributed by atoms with Gasteiger partial charge in [-0.05, 0) is 78.9 Å². The number of nitro groups is 1. The fraction of sp³-hybridized carbons (Fsp3) is 0.0476. The zero-order valence-electron chi connectivity index (χ0n) is 29.3. The summed E-state index contributed by atoms with van der Waals surface area (Å²) in [5.74, 6) is 0.481. The van der Waals surface area contributed by atoms with Gasteiger partial charge in [-0.1, -0.05) is 77.7 Å². The Balaban J connectivity index is 1.01. The van der Waals surface area contributed by atoms with Gasteiger partial charge in [-0.2, -0.15) is 0 Å². The Labute approximate surface area is 328 Å². The van der Waals surface area contributed by atoms with E-state index in [2.05, 4.69) is 54.6 Å². The van der Waals surface area contributed by atoms with Crippen molar-refractivity contribution in [3.63, 3.8) is 0 Å². The number of rotatable bonds is 10. The summed E-state index contributed by atoms with van der Waals surface area (Å²) in [5.41, 5.74) is 6.43. The number of aromatic hydroxyl groups is 1. The number of carbonyl (C=O) groups is 1. The molecule has 0 spiro atoms. The SMILES string of the molecule is O=C(Nc1nnc(Cn2c(-c3ccc(NC(c4ccccc4O)N4c5ccccc5Sc5ccccc54)cc3)nc3ccccc32)s1)c1ccc([N+](=O)[O-])cc1. The number of para-hydroxylation sites is 5. The first-order valence-corrected chi connectivity index (χ1v) is 19.2. The van der Waals surface area contributed by atoms with Crippen LogP contribution in [0.5, 0.6) is 5.75 Å². The van der Waals surface area contributed by atoms with E-state index in [1.807, 2.05) is 91.0 Å². The van der Waals surface area contributed by atoms with Gasteiger partial charge in [0, 0.05) is 44.3 Å². The first-order valence-electron chi connectivity index (χ1n) is 17.5. The number of hydrogen-bond donors (Lipinski definition) is 3. The van der Waals surface area contributed by atoms with Crippen LogP contribution in [-0.2, 0) is 6.54 Å². The molecular weight excluding hydrogens is 745 g/mol. The fourth-order valence-electron chi connectivity index (χ4n) is 6.75. The van der Waals surface area contributed by atoms with E-state index in [1.165, 1.54) is 35.6 Å². The zero-order valence-corrected chi connectivity index (χ0v) is 30.9. The van der Waals surface area contributed by atoms with Crippen LogP contribution in [0.4, 0.5) is 27.9 Å². The standard InChI is InChI=1S/C42H30N8O4S2/c51-35-14-6-1-9-30(35)40(49-33-12-4-7-15-36(33)55-37-16-8-5-13-34(37)49)43-28-21-17-26(18-22-28)39-44-31-10-2-3-11-32(31)48(39)25-38-46-47-42(56-38)45-41(52)27-19-23-29(24-20-27)50(53)54/h1-24,40,43,51H,25H2,(H,45,47,52). The van der Waals surface area contributed by atoms with Crippen molar-refractivity contribution in [2.24, 2.45) is 0 Å². The van der Waals surface area contributed by atoms with E-state index in [9.17, 15) is 20.0 Å². The molecule has 6 aromatic carbocycles. The van der Waals surface area contributed by atoms with Crippen molar-refractivity contribution < 1.29 is 14.8 Å². The van der Waals surface area contributed by atoms with Crippen LogP contribution in [-0.4, -0.2) is 35.7 Å². The number of benzene rings is 6. The topological polar surface area (TPSA) is 151 Å². The van der Waals surface area contributed by atoms with Crippen LogP contribution < -0.4 is 15.5 Å². The average Bonchev–Trinajstić information content (AvgIpc) is 3.83. The molecule has 1 atom stereocenters.